The van der Waals surface area contributed by atoms with Gasteiger partial charge in [-0.3, -0.25) is 4.79 Å². The summed E-state index contributed by atoms with van der Waals surface area (Å²) < 4.78 is 10.6. The number of ether oxygens (including phenoxy) is 2. The minimum atomic E-state index is 0.00571. The van der Waals surface area contributed by atoms with Crippen LogP contribution in [0, 0.1) is 13.8 Å². The van der Waals surface area contributed by atoms with Crippen LogP contribution in [0.1, 0.15) is 21.5 Å². The zero-order chi connectivity index (χ0) is 13.8. The van der Waals surface area contributed by atoms with Gasteiger partial charge in [-0.25, -0.2) is 0 Å². The molecule has 1 aliphatic heterocycles. The highest BCUT2D eigenvalue weighted by Gasteiger charge is 2.28. The van der Waals surface area contributed by atoms with Crippen molar-refractivity contribution < 1.29 is 14.3 Å². The molecule has 0 saturated carbocycles. The number of benzene rings is 1. The maximum Gasteiger partial charge on any atom is 0.254 e. The SMILES string of the molecule is COCC1COCCN1C(=O)c1cc(C)ccc1C. The smallest absolute Gasteiger partial charge is 0.254 e. The van der Waals surface area contributed by atoms with E-state index < -0.39 is 0 Å². The average Bonchev–Trinajstić information content (AvgIpc) is 2.42. The molecule has 0 aromatic heterocycles. The third kappa shape index (κ3) is 3.14. The van der Waals surface area contributed by atoms with E-state index in [-0.39, 0.29) is 11.9 Å². The van der Waals surface area contributed by atoms with Crippen LogP contribution in [0.5, 0.6) is 0 Å². The van der Waals surface area contributed by atoms with Gasteiger partial charge >= 0.3 is 0 Å². The number of carbonyl (C=O) groups is 1. The second kappa shape index (κ2) is 6.17. The quantitative estimate of drug-likeness (QED) is 0.834. The van der Waals surface area contributed by atoms with Gasteiger partial charge in [0.15, 0.2) is 0 Å². The van der Waals surface area contributed by atoms with E-state index >= 15 is 0 Å². The first-order valence-corrected chi connectivity index (χ1v) is 6.58. The summed E-state index contributed by atoms with van der Waals surface area (Å²) >= 11 is 0. The molecule has 2 rings (SSSR count). The fourth-order valence-corrected chi connectivity index (χ4v) is 2.37. The Hall–Kier alpha value is -1.39. The van der Waals surface area contributed by atoms with E-state index in [0.717, 1.165) is 16.7 Å². The summed E-state index contributed by atoms with van der Waals surface area (Å²) in [7, 11) is 1.65. The molecule has 1 atom stereocenters. The van der Waals surface area contributed by atoms with Gasteiger partial charge in [0.1, 0.15) is 0 Å². The van der Waals surface area contributed by atoms with Crippen molar-refractivity contribution in [2.75, 3.05) is 33.5 Å². The van der Waals surface area contributed by atoms with E-state index in [0.29, 0.717) is 26.4 Å². The number of aryl methyl sites for hydroxylation is 2. The third-order valence-corrected chi connectivity index (χ3v) is 3.47. The highest BCUT2D eigenvalue weighted by Crippen LogP contribution is 2.17. The largest absolute Gasteiger partial charge is 0.382 e. The van der Waals surface area contributed by atoms with Crippen molar-refractivity contribution in [1.82, 2.24) is 4.90 Å². The molecule has 104 valence electrons. The Labute approximate surface area is 114 Å². The van der Waals surface area contributed by atoms with Crippen LogP contribution in [0.4, 0.5) is 0 Å². The van der Waals surface area contributed by atoms with E-state index in [1.54, 1.807) is 7.11 Å². The lowest BCUT2D eigenvalue weighted by Crippen LogP contribution is -2.50. The van der Waals surface area contributed by atoms with Crippen molar-refractivity contribution in [2.24, 2.45) is 0 Å². The minimum Gasteiger partial charge on any atom is -0.382 e. The van der Waals surface area contributed by atoms with Crippen LogP contribution < -0.4 is 0 Å². The molecule has 4 heteroatoms. The molecule has 1 unspecified atom stereocenters. The molecule has 1 heterocycles. The van der Waals surface area contributed by atoms with Crippen molar-refractivity contribution in [3.8, 4) is 0 Å². The molecule has 1 saturated heterocycles. The van der Waals surface area contributed by atoms with Gasteiger partial charge in [0.05, 0.1) is 25.9 Å². The second-order valence-corrected chi connectivity index (χ2v) is 5.00. The molecule has 1 amide bonds. The van der Waals surface area contributed by atoms with Crippen LogP contribution in [0.25, 0.3) is 0 Å². The predicted molar refractivity (Wildman–Crippen MR) is 73.4 cm³/mol. The maximum atomic E-state index is 12.7. The van der Waals surface area contributed by atoms with Gasteiger partial charge in [-0.15, -0.1) is 0 Å². The number of amides is 1. The molecular formula is C15H21NO3. The molecule has 0 bridgehead atoms. The summed E-state index contributed by atoms with van der Waals surface area (Å²) in [5.74, 6) is 0.0755. The number of hydrogen-bond donors (Lipinski definition) is 0. The second-order valence-electron chi connectivity index (χ2n) is 5.00. The summed E-state index contributed by atoms with van der Waals surface area (Å²) in [6, 6.07) is 5.98. The molecule has 0 N–H and O–H groups in total. The van der Waals surface area contributed by atoms with Crippen LogP contribution in [-0.2, 0) is 9.47 Å². The van der Waals surface area contributed by atoms with Gasteiger partial charge in [0.2, 0.25) is 0 Å². The Kier molecular flexibility index (Phi) is 4.56. The molecule has 1 aliphatic rings. The van der Waals surface area contributed by atoms with Crippen LogP contribution in [-0.4, -0.2) is 50.3 Å². The molecule has 4 nitrogen and oxygen atoms in total. The lowest BCUT2D eigenvalue weighted by atomic mass is 10.0. The highest BCUT2D eigenvalue weighted by molar-refractivity contribution is 5.96. The molecule has 19 heavy (non-hydrogen) atoms. The first-order chi connectivity index (χ1) is 9.13. The van der Waals surface area contributed by atoms with Crippen molar-refractivity contribution >= 4 is 5.91 Å². The fourth-order valence-electron chi connectivity index (χ4n) is 2.37. The van der Waals surface area contributed by atoms with E-state index in [2.05, 4.69) is 0 Å². The Morgan fingerprint density at radius 1 is 1.47 bits per heavy atom. The first-order valence-electron chi connectivity index (χ1n) is 6.58. The Balaban J connectivity index is 2.23. The first kappa shape index (κ1) is 14.0. The molecule has 0 spiro atoms. The van der Waals surface area contributed by atoms with E-state index in [9.17, 15) is 4.79 Å². The Morgan fingerprint density at radius 2 is 2.26 bits per heavy atom. The Bertz CT molecular complexity index is 457. The number of carbonyl (C=O) groups excluding carboxylic acids is 1. The number of methoxy groups -OCH3 is 1. The van der Waals surface area contributed by atoms with E-state index in [1.165, 1.54) is 0 Å². The van der Waals surface area contributed by atoms with Gasteiger partial charge in [0.25, 0.3) is 5.91 Å². The van der Waals surface area contributed by atoms with Crippen molar-refractivity contribution in [3.05, 3.63) is 34.9 Å². The lowest BCUT2D eigenvalue weighted by molar-refractivity contribution is -0.0252. The van der Waals surface area contributed by atoms with Gasteiger partial charge in [-0.2, -0.15) is 0 Å². The summed E-state index contributed by atoms with van der Waals surface area (Å²) in [6.07, 6.45) is 0. The van der Waals surface area contributed by atoms with Crippen molar-refractivity contribution in [1.29, 1.82) is 0 Å². The van der Waals surface area contributed by atoms with E-state index in [4.69, 9.17) is 9.47 Å². The number of hydrogen-bond acceptors (Lipinski definition) is 3. The molecular weight excluding hydrogens is 242 g/mol. The van der Waals surface area contributed by atoms with Gasteiger partial charge in [0, 0.05) is 19.2 Å². The summed E-state index contributed by atoms with van der Waals surface area (Å²) in [4.78, 5) is 14.5. The topological polar surface area (TPSA) is 38.8 Å². The maximum absolute atomic E-state index is 12.7. The van der Waals surface area contributed by atoms with Crippen molar-refractivity contribution in [2.45, 2.75) is 19.9 Å². The zero-order valence-corrected chi connectivity index (χ0v) is 11.8. The standard InChI is InChI=1S/C15H21NO3/c1-11-4-5-12(2)14(8-11)15(17)16-6-7-19-10-13(16)9-18-3/h4-5,8,13H,6-7,9-10H2,1-3H3. The molecule has 1 aromatic rings. The molecule has 1 aromatic carbocycles. The highest BCUT2D eigenvalue weighted by atomic mass is 16.5. The monoisotopic (exact) mass is 263 g/mol. The van der Waals surface area contributed by atoms with Gasteiger partial charge < -0.3 is 14.4 Å². The number of morpholine rings is 1. The third-order valence-electron chi connectivity index (χ3n) is 3.47. The zero-order valence-electron chi connectivity index (χ0n) is 11.8. The molecule has 1 fully saturated rings. The summed E-state index contributed by atoms with van der Waals surface area (Å²) in [5, 5.41) is 0. The van der Waals surface area contributed by atoms with Crippen molar-refractivity contribution in [3.63, 3.8) is 0 Å². The van der Waals surface area contributed by atoms with E-state index in [1.807, 2.05) is 36.9 Å². The van der Waals surface area contributed by atoms with Crippen LogP contribution in [0.15, 0.2) is 18.2 Å². The fraction of sp³-hybridized carbons (Fsp3) is 0.533. The van der Waals surface area contributed by atoms with Crippen LogP contribution in [0.3, 0.4) is 0 Å². The predicted octanol–water partition coefficient (Wildman–Crippen LogP) is 1.79. The Morgan fingerprint density at radius 3 is 3.00 bits per heavy atom. The van der Waals surface area contributed by atoms with Crippen LogP contribution in [0.2, 0.25) is 0 Å². The average molecular weight is 263 g/mol. The van der Waals surface area contributed by atoms with Gasteiger partial charge in [-0.1, -0.05) is 17.7 Å². The number of rotatable bonds is 3. The van der Waals surface area contributed by atoms with Gasteiger partial charge in [-0.05, 0) is 25.5 Å². The van der Waals surface area contributed by atoms with Crippen LogP contribution >= 0.6 is 0 Å². The molecule has 0 aliphatic carbocycles. The number of nitrogens with zero attached hydrogens (tertiary/aromatic N) is 1. The minimum absolute atomic E-state index is 0.00571. The summed E-state index contributed by atoms with van der Waals surface area (Å²) in [6.45, 7) is 6.25. The summed E-state index contributed by atoms with van der Waals surface area (Å²) in [5.41, 5.74) is 2.90. The normalized spacial score (nSPS) is 19.5. The molecule has 0 radical (unpaired) electrons. The lowest BCUT2D eigenvalue weighted by Gasteiger charge is -2.35.